The molecule has 1 aliphatic rings. The van der Waals surface area contributed by atoms with Crippen LogP contribution in [0.5, 0.6) is 0 Å². The highest BCUT2D eigenvalue weighted by Gasteiger charge is 2.32. The minimum atomic E-state index is -4.17. The topological polar surface area (TPSA) is 35.6 Å². The van der Waals surface area contributed by atoms with Crippen molar-refractivity contribution in [2.24, 2.45) is 0 Å². The Balaban J connectivity index is 2.30. The van der Waals surface area contributed by atoms with E-state index in [-0.39, 0.29) is 19.1 Å². The van der Waals surface area contributed by atoms with E-state index < -0.39 is 12.7 Å². The van der Waals surface area contributed by atoms with Crippen LogP contribution in [0.2, 0.25) is 0 Å². The Morgan fingerprint density at radius 3 is 2.35 bits per heavy atom. The predicted octanol–water partition coefficient (Wildman–Crippen LogP) is 1.06. The van der Waals surface area contributed by atoms with Crippen molar-refractivity contribution in [2.75, 3.05) is 39.3 Å². The highest BCUT2D eigenvalue weighted by atomic mass is 19.4. The molecule has 0 atom stereocenters. The lowest BCUT2D eigenvalue weighted by molar-refractivity contribution is -0.148. The molecule has 0 unspecified atom stereocenters. The molecule has 1 rings (SSSR count). The van der Waals surface area contributed by atoms with Gasteiger partial charge in [-0.1, -0.05) is 6.08 Å². The summed E-state index contributed by atoms with van der Waals surface area (Å²) in [5.74, 6) is 0. The smallest absolute Gasteiger partial charge is 0.335 e. The van der Waals surface area contributed by atoms with Crippen molar-refractivity contribution in [3.63, 3.8) is 0 Å². The third-order valence-electron chi connectivity index (χ3n) is 2.46. The first-order chi connectivity index (χ1) is 7.92. The lowest BCUT2D eigenvalue weighted by Gasteiger charge is -2.34. The van der Waals surface area contributed by atoms with Crippen LogP contribution in [0.4, 0.5) is 18.0 Å². The summed E-state index contributed by atoms with van der Waals surface area (Å²) in [4.78, 5) is 14.3. The zero-order chi connectivity index (χ0) is 12.9. The molecule has 0 bridgehead atoms. The summed E-state index contributed by atoms with van der Waals surface area (Å²) >= 11 is 0. The van der Waals surface area contributed by atoms with E-state index in [0.29, 0.717) is 19.6 Å². The molecule has 0 spiro atoms. The van der Waals surface area contributed by atoms with Gasteiger partial charge in [0, 0.05) is 32.7 Å². The second-order valence-electron chi connectivity index (χ2n) is 3.85. The van der Waals surface area contributed by atoms with E-state index in [1.807, 2.05) is 0 Å². The van der Waals surface area contributed by atoms with Gasteiger partial charge in [0.15, 0.2) is 0 Å². The van der Waals surface area contributed by atoms with Crippen molar-refractivity contribution in [3.8, 4) is 0 Å². The van der Waals surface area contributed by atoms with Crippen LogP contribution in [0.1, 0.15) is 0 Å². The largest absolute Gasteiger partial charge is 0.401 e. The average molecular weight is 251 g/mol. The molecule has 0 aromatic carbocycles. The summed E-state index contributed by atoms with van der Waals surface area (Å²) in [6.07, 6.45) is -2.62. The van der Waals surface area contributed by atoms with Gasteiger partial charge >= 0.3 is 12.2 Å². The third-order valence-corrected chi connectivity index (χ3v) is 2.46. The number of carbonyl (C=O) groups excluding carboxylic acids is 1. The summed E-state index contributed by atoms with van der Waals surface area (Å²) in [7, 11) is 0. The fraction of sp³-hybridized carbons (Fsp3) is 0.700. The second kappa shape index (κ2) is 5.90. The molecule has 17 heavy (non-hydrogen) atoms. The van der Waals surface area contributed by atoms with Crippen LogP contribution in [0.15, 0.2) is 12.7 Å². The van der Waals surface area contributed by atoms with Gasteiger partial charge in [0.25, 0.3) is 0 Å². The number of nitrogens with zero attached hydrogens (tertiary/aromatic N) is 2. The Hall–Kier alpha value is -1.24. The van der Waals surface area contributed by atoms with Crippen LogP contribution < -0.4 is 5.32 Å². The van der Waals surface area contributed by atoms with Gasteiger partial charge in [0.2, 0.25) is 0 Å². The molecule has 0 radical (unpaired) electrons. The fourth-order valence-electron chi connectivity index (χ4n) is 1.63. The van der Waals surface area contributed by atoms with Crippen LogP contribution in [0, 0.1) is 0 Å². The number of alkyl halides is 3. The Morgan fingerprint density at radius 2 is 1.88 bits per heavy atom. The Bertz CT molecular complexity index is 272. The van der Waals surface area contributed by atoms with Crippen molar-refractivity contribution >= 4 is 6.03 Å². The number of halogens is 3. The van der Waals surface area contributed by atoms with Gasteiger partial charge in [0.1, 0.15) is 0 Å². The van der Waals surface area contributed by atoms with Crippen molar-refractivity contribution in [2.45, 2.75) is 6.18 Å². The summed E-state index contributed by atoms with van der Waals surface area (Å²) in [6, 6.07) is -0.253. The number of urea groups is 1. The SMILES string of the molecule is C=CCNC(=O)N1CCN(CC(F)(F)F)CC1. The summed E-state index contributed by atoms with van der Waals surface area (Å²) < 4.78 is 36.4. The van der Waals surface area contributed by atoms with E-state index in [0.717, 1.165) is 0 Å². The Kier molecular flexibility index (Phi) is 4.80. The molecule has 1 fully saturated rings. The summed E-state index contributed by atoms with van der Waals surface area (Å²) in [5.41, 5.74) is 0. The zero-order valence-corrected chi connectivity index (χ0v) is 9.46. The van der Waals surface area contributed by atoms with Gasteiger partial charge in [-0.15, -0.1) is 6.58 Å². The van der Waals surface area contributed by atoms with Gasteiger partial charge in [0.05, 0.1) is 6.54 Å². The summed E-state index contributed by atoms with van der Waals surface area (Å²) in [6.45, 7) is 4.06. The molecule has 2 amide bonds. The van der Waals surface area contributed by atoms with Gasteiger partial charge < -0.3 is 10.2 Å². The van der Waals surface area contributed by atoms with Gasteiger partial charge in [-0.2, -0.15) is 13.2 Å². The highest BCUT2D eigenvalue weighted by Crippen LogP contribution is 2.17. The lowest BCUT2D eigenvalue weighted by Crippen LogP contribution is -2.53. The van der Waals surface area contributed by atoms with Gasteiger partial charge in [-0.3, -0.25) is 4.90 Å². The number of nitrogens with one attached hydrogen (secondary N) is 1. The van der Waals surface area contributed by atoms with Crippen molar-refractivity contribution in [1.29, 1.82) is 0 Å². The number of hydrogen-bond acceptors (Lipinski definition) is 2. The first-order valence-corrected chi connectivity index (χ1v) is 5.35. The highest BCUT2D eigenvalue weighted by molar-refractivity contribution is 5.74. The number of carbonyl (C=O) groups is 1. The number of hydrogen-bond donors (Lipinski definition) is 1. The fourth-order valence-corrected chi connectivity index (χ4v) is 1.63. The molecular formula is C10H16F3N3O. The lowest BCUT2D eigenvalue weighted by atomic mass is 10.3. The molecule has 4 nitrogen and oxygen atoms in total. The summed E-state index contributed by atoms with van der Waals surface area (Å²) in [5, 5.41) is 2.59. The van der Waals surface area contributed by atoms with Crippen LogP contribution >= 0.6 is 0 Å². The minimum absolute atomic E-state index is 0.251. The second-order valence-corrected chi connectivity index (χ2v) is 3.85. The van der Waals surface area contributed by atoms with Crippen molar-refractivity contribution < 1.29 is 18.0 Å². The molecule has 1 N–H and O–H groups in total. The van der Waals surface area contributed by atoms with E-state index in [9.17, 15) is 18.0 Å². The van der Waals surface area contributed by atoms with Crippen molar-refractivity contribution in [1.82, 2.24) is 15.1 Å². The van der Waals surface area contributed by atoms with E-state index in [1.54, 1.807) is 6.08 Å². The Morgan fingerprint density at radius 1 is 1.29 bits per heavy atom. The van der Waals surface area contributed by atoms with E-state index in [1.165, 1.54) is 9.80 Å². The molecule has 1 saturated heterocycles. The minimum Gasteiger partial charge on any atom is -0.335 e. The Labute approximate surface area is 98.1 Å². The molecule has 0 aromatic rings. The molecule has 0 saturated carbocycles. The monoisotopic (exact) mass is 251 g/mol. The van der Waals surface area contributed by atoms with Crippen LogP contribution in [0.25, 0.3) is 0 Å². The van der Waals surface area contributed by atoms with Crippen LogP contribution in [-0.4, -0.2) is 61.3 Å². The maximum Gasteiger partial charge on any atom is 0.401 e. The zero-order valence-electron chi connectivity index (χ0n) is 9.46. The first kappa shape index (κ1) is 13.8. The number of rotatable bonds is 3. The maximum atomic E-state index is 12.1. The number of amides is 2. The molecule has 0 aliphatic carbocycles. The molecule has 1 heterocycles. The standard InChI is InChI=1S/C10H16F3N3O/c1-2-3-14-9(17)16-6-4-15(5-7-16)8-10(11,12)13/h2H,1,3-8H2,(H,14,17). The molecule has 0 aromatic heterocycles. The van der Waals surface area contributed by atoms with Gasteiger partial charge in [-0.05, 0) is 0 Å². The third kappa shape index (κ3) is 5.08. The first-order valence-electron chi connectivity index (χ1n) is 5.35. The van der Waals surface area contributed by atoms with Crippen LogP contribution in [-0.2, 0) is 0 Å². The quantitative estimate of drug-likeness (QED) is 0.761. The average Bonchev–Trinajstić information content (AvgIpc) is 2.24. The van der Waals surface area contributed by atoms with Crippen molar-refractivity contribution in [3.05, 3.63) is 12.7 Å². The van der Waals surface area contributed by atoms with E-state index in [4.69, 9.17) is 0 Å². The number of piperazine rings is 1. The van der Waals surface area contributed by atoms with Gasteiger partial charge in [-0.25, -0.2) is 4.79 Å². The van der Waals surface area contributed by atoms with Crippen LogP contribution in [0.3, 0.4) is 0 Å². The van der Waals surface area contributed by atoms with E-state index >= 15 is 0 Å². The molecule has 98 valence electrons. The maximum absolute atomic E-state index is 12.1. The normalized spacial score (nSPS) is 17.9. The predicted molar refractivity (Wildman–Crippen MR) is 57.7 cm³/mol. The molecule has 7 heteroatoms. The van der Waals surface area contributed by atoms with E-state index in [2.05, 4.69) is 11.9 Å². The molecule has 1 aliphatic heterocycles. The molecular weight excluding hydrogens is 235 g/mol.